The average Bonchev–Trinajstić information content (AvgIpc) is 2.82. The second-order valence-electron chi connectivity index (χ2n) is 4.19. The van der Waals surface area contributed by atoms with Crippen LogP contribution in [-0.2, 0) is 6.18 Å². The molecule has 0 aliphatic carbocycles. The van der Waals surface area contributed by atoms with Crippen molar-refractivity contribution in [3.05, 3.63) is 45.9 Å². The van der Waals surface area contributed by atoms with Crippen LogP contribution in [0.25, 0.3) is 16.7 Å². The third-order valence-corrected chi connectivity index (χ3v) is 3.32. The molecule has 1 aromatic carbocycles. The molecule has 0 aliphatic rings. The minimum atomic E-state index is -4.62. The molecule has 21 heavy (non-hydrogen) atoms. The zero-order chi connectivity index (χ0) is 15.2. The van der Waals surface area contributed by atoms with Gasteiger partial charge in [-0.25, -0.2) is 9.67 Å². The second kappa shape index (κ2) is 4.81. The molecule has 0 unspecified atom stereocenters. The van der Waals surface area contributed by atoms with E-state index in [-0.39, 0.29) is 10.3 Å². The molecule has 0 amide bonds. The van der Waals surface area contributed by atoms with Crippen molar-refractivity contribution >= 4 is 34.9 Å². The van der Waals surface area contributed by atoms with Gasteiger partial charge in [0.25, 0.3) is 0 Å². The summed E-state index contributed by atoms with van der Waals surface area (Å²) in [6, 6.07) is 6.58. The summed E-state index contributed by atoms with van der Waals surface area (Å²) in [5, 5.41) is 4.82. The monoisotopic (exact) mass is 330 g/mol. The number of nitrogens with one attached hydrogen (secondary N) is 1. The SMILES string of the molecule is FC(F)(F)c1nc(=S)c2cnn(-c3cccc(Cl)c3)c2[nH]1. The number of aromatic amines is 1. The molecule has 0 radical (unpaired) electrons. The van der Waals surface area contributed by atoms with Crippen LogP contribution in [-0.4, -0.2) is 19.7 Å². The number of hydrogen-bond donors (Lipinski definition) is 1. The van der Waals surface area contributed by atoms with E-state index in [1.165, 1.54) is 10.9 Å². The predicted molar refractivity (Wildman–Crippen MR) is 74.1 cm³/mol. The molecule has 0 spiro atoms. The molecule has 108 valence electrons. The summed E-state index contributed by atoms with van der Waals surface area (Å²) in [6.07, 6.45) is -3.26. The Morgan fingerprint density at radius 1 is 1.29 bits per heavy atom. The Bertz CT molecular complexity index is 884. The minimum Gasteiger partial charge on any atom is -0.320 e. The fraction of sp³-hybridized carbons (Fsp3) is 0.0833. The molecule has 4 nitrogen and oxygen atoms in total. The van der Waals surface area contributed by atoms with Crippen molar-refractivity contribution in [2.24, 2.45) is 0 Å². The lowest BCUT2D eigenvalue weighted by atomic mass is 10.3. The number of nitrogens with zero attached hydrogens (tertiary/aromatic N) is 3. The van der Waals surface area contributed by atoms with E-state index in [1.54, 1.807) is 24.3 Å². The highest BCUT2D eigenvalue weighted by molar-refractivity contribution is 7.71. The fourth-order valence-electron chi connectivity index (χ4n) is 1.86. The van der Waals surface area contributed by atoms with E-state index >= 15 is 0 Å². The topological polar surface area (TPSA) is 46.5 Å². The van der Waals surface area contributed by atoms with E-state index in [0.717, 1.165) is 0 Å². The molecule has 0 bridgehead atoms. The third kappa shape index (κ3) is 2.52. The summed E-state index contributed by atoms with van der Waals surface area (Å²) in [7, 11) is 0. The summed E-state index contributed by atoms with van der Waals surface area (Å²) < 4.78 is 39.6. The lowest BCUT2D eigenvalue weighted by molar-refractivity contribution is -0.144. The smallest absolute Gasteiger partial charge is 0.320 e. The van der Waals surface area contributed by atoms with Crippen LogP contribution in [0.3, 0.4) is 0 Å². The van der Waals surface area contributed by atoms with E-state index in [1.807, 2.05) is 0 Å². The number of alkyl halides is 3. The summed E-state index contributed by atoms with van der Waals surface area (Å²) in [6.45, 7) is 0. The van der Waals surface area contributed by atoms with Crippen LogP contribution in [0, 0.1) is 4.64 Å². The molecule has 9 heteroatoms. The van der Waals surface area contributed by atoms with E-state index in [0.29, 0.717) is 16.1 Å². The normalized spacial score (nSPS) is 12.0. The van der Waals surface area contributed by atoms with Gasteiger partial charge in [-0.3, -0.25) is 0 Å². The predicted octanol–water partition coefficient (Wildman–Crippen LogP) is 4.15. The lowest BCUT2D eigenvalue weighted by Crippen LogP contribution is -2.12. The lowest BCUT2D eigenvalue weighted by Gasteiger charge is -2.08. The number of H-pyrrole nitrogens is 1. The summed E-state index contributed by atoms with van der Waals surface area (Å²) >= 11 is 10.8. The standard InChI is InChI=1S/C12H6ClF3N4S/c13-6-2-1-3-7(4-6)20-9-8(5-17-20)10(21)19-11(18-9)12(14,15)16/h1-5H,(H,18,19,21). The largest absolute Gasteiger partial charge is 0.449 e. The Hall–Kier alpha value is -1.93. The Labute approximate surface area is 126 Å². The van der Waals surface area contributed by atoms with Gasteiger partial charge in [0.1, 0.15) is 10.3 Å². The number of halogens is 4. The van der Waals surface area contributed by atoms with Crippen LogP contribution in [0.15, 0.2) is 30.5 Å². The van der Waals surface area contributed by atoms with Gasteiger partial charge >= 0.3 is 6.18 Å². The maximum Gasteiger partial charge on any atom is 0.449 e. The Balaban J connectivity index is 2.31. The van der Waals surface area contributed by atoms with E-state index in [9.17, 15) is 13.2 Å². The molecule has 0 fully saturated rings. The van der Waals surface area contributed by atoms with E-state index in [4.69, 9.17) is 23.8 Å². The number of hydrogen-bond acceptors (Lipinski definition) is 3. The Morgan fingerprint density at radius 3 is 2.71 bits per heavy atom. The van der Waals surface area contributed by atoms with Crippen molar-refractivity contribution in [1.29, 1.82) is 0 Å². The first kappa shape index (κ1) is 14.0. The maximum absolute atomic E-state index is 12.8. The van der Waals surface area contributed by atoms with Crippen LogP contribution >= 0.6 is 23.8 Å². The van der Waals surface area contributed by atoms with Crippen molar-refractivity contribution in [1.82, 2.24) is 19.7 Å². The van der Waals surface area contributed by atoms with Crippen molar-refractivity contribution in [3.8, 4) is 5.69 Å². The average molecular weight is 331 g/mol. The second-order valence-corrected chi connectivity index (χ2v) is 5.01. The quantitative estimate of drug-likeness (QED) is 0.682. The van der Waals surface area contributed by atoms with Crippen LogP contribution < -0.4 is 0 Å². The van der Waals surface area contributed by atoms with Gasteiger partial charge in [-0.15, -0.1) is 0 Å². The number of benzene rings is 1. The first-order chi connectivity index (χ1) is 9.86. The van der Waals surface area contributed by atoms with Crippen LogP contribution in [0.4, 0.5) is 13.2 Å². The van der Waals surface area contributed by atoms with Crippen molar-refractivity contribution in [2.45, 2.75) is 6.18 Å². The summed E-state index contributed by atoms with van der Waals surface area (Å²) in [4.78, 5) is 5.58. The van der Waals surface area contributed by atoms with Crippen LogP contribution in [0.5, 0.6) is 0 Å². The molecule has 0 atom stereocenters. The molecule has 0 saturated carbocycles. The molecule has 1 N–H and O–H groups in total. The van der Waals surface area contributed by atoms with Crippen molar-refractivity contribution < 1.29 is 13.2 Å². The summed E-state index contributed by atoms with van der Waals surface area (Å²) in [5.74, 6) is -1.16. The minimum absolute atomic E-state index is 0.115. The van der Waals surface area contributed by atoms with Gasteiger partial charge < -0.3 is 4.98 Å². The Morgan fingerprint density at radius 2 is 2.05 bits per heavy atom. The molecular weight excluding hydrogens is 325 g/mol. The highest BCUT2D eigenvalue weighted by atomic mass is 35.5. The van der Waals surface area contributed by atoms with Gasteiger partial charge in [0.2, 0.25) is 5.82 Å². The van der Waals surface area contributed by atoms with Crippen LogP contribution in [0.1, 0.15) is 5.82 Å². The third-order valence-electron chi connectivity index (χ3n) is 2.77. The zero-order valence-electron chi connectivity index (χ0n) is 10.1. The highest BCUT2D eigenvalue weighted by Crippen LogP contribution is 2.28. The number of aromatic nitrogens is 4. The van der Waals surface area contributed by atoms with Gasteiger partial charge in [0.15, 0.2) is 0 Å². The first-order valence-corrected chi connectivity index (χ1v) is 6.46. The molecule has 0 saturated heterocycles. The Kier molecular flexibility index (Phi) is 3.22. The van der Waals surface area contributed by atoms with Gasteiger partial charge in [0.05, 0.1) is 17.3 Å². The van der Waals surface area contributed by atoms with Gasteiger partial charge in [-0.05, 0) is 18.2 Å². The van der Waals surface area contributed by atoms with Crippen LogP contribution in [0.2, 0.25) is 5.02 Å². The van der Waals surface area contributed by atoms with Crippen molar-refractivity contribution in [2.75, 3.05) is 0 Å². The molecule has 2 heterocycles. The zero-order valence-corrected chi connectivity index (χ0v) is 11.7. The maximum atomic E-state index is 12.8. The molecular formula is C12H6ClF3N4S. The highest BCUT2D eigenvalue weighted by Gasteiger charge is 2.34. The van der Waals surface area contributed by atoms with E-state index in [2.05, 4.69) is 15.1 Å². The summed E-state index contributed by atoms with van der Waals surface area (Å²) in [5.41, 5.74) is 0.632. The fourth-order valence-corrected chi connectivity index (χ4v) is 2.29. The van der Waals surface area contributed by atoms with Gasteiger partial charge in [0, 0.05) is 5.02 Å². The molecule has 2 aromatic heterocycles. The van der Waals surface area contributed by atoms with Gasteiger partial charge in [-0.2, -0.15) is 18.3 Å². The van der Waals surface area contributed by atoms with Gasteiger partial charge in [-0.1, -0.05) is 29.9 Å². The van der Waals surface area contributed by atoms with Crippen molar-refractivity contribution in [3.63, 3.8) is 0 Å². The first-order valence-electron chi connectivity index (χ1n) is 5.67. The number of rotatable bonds is 1. The molecule has 0 aliphatic heterocycles. The molecule has 3 aromatic rings. The number of fused-ring (bicyclic) bond motifs is 1. The molecule has 3 rings (SSSR count). The van der Waals surface area contributed by atoms with E-state index < -0.39 is 12.0 Å².